The average Bonchev–Trinajstić information content (AvgIpc) is 3.37. The van der Waals surface area contributed by atoms with E-state index in [1.54, 1.807) is 5.57 Å². The third-order valence-electron chi connectivity index (χ3n) is 6.35. The highest BCUT2D eigenvalue weighted by Crippen LogP contribution is 2.52. The van der Waals surface area contributed by atoms with Crippen molar-refractivity contribution in [1.29, 1.82) is 0 Å². The Morgan fingerprint density at radius 2 is 0.963 bits per heavy atom. The fourth-order valence-electron chi connectivity index (χ4n) is 4.73. The van der Waals surface area contributed by atoms with Crippen molar-refractivity contribution in [3.8, 4) is 0 Å². The summed E-state index contributed by atoms with van der Waals surface area (Å²) in [7, 11) is 0. The van der Waals surface area contributed by atoms with Crippen LogP contribution < -0.4 is 0 Å². The lowest BCUT2D eigenvalue weighted by Gasteiger charge is -2.05. The highest BCUT2D eigenvalue weighted by atomic mass is 14.5. The van der Waals surface area contributed by atoms with Crippen LogP contribution in [-0.4, -0.2) is 0 Å². The Hall–Kier alpha value is -2.04. The van der Waals surface area contributed by atoms with Crippen LogP contribution in [0.2, 0.25) is 0 Å². The minimum atomic E-state index is 0.798. The molecule has 0 radical (unpaired) electrons. The predicted octanol–water partition coefficient (Wildman–Crippen LogP) is 7.80. The Labute approximate surface area is 165 Å². The molecule has 0 bridgehead atoms. The standard InChI is InChI=1S/C27H32/c1-2-4-6-14-20-25-24(19-13-5-3-1)27(25)21-26(22-15-9-7-10-16-22)23-17-11-8-12-18-23/h7-12,15-18,24-25H,1-6,13-14,19-20H2/t24-,25+. The molecule has 2 aliphatic carbocycles. The van der Waals surface area contributed by atoms with Gasteiger partial charge in [0.05, 0.1) is 0 Å². The third kappa shape index (κ3) is 4.82. The molecule has 0 nitrogen and oxygen atoms in total. The minimum absolute atomic E-state index is 0.798. The summed E-state index contributed by atoms with van der Waals surface area (Å²) in [4.78, 5) is 0. The second kappa shape index (κ2) is 9.25. The van der Waals surface area contributed by atoms with Crippen LogP contribution in [0.5, 0.6) is 0 Å². The van der Waals surface area contributed by atoms with Gasteiger partial charge in [-0.15, -0.1) is 5.73 Å². The van der Waals surface area contributed by atoms with Gasteiger partial charge in [-0.25, -0.2) is 0 Å². The lowest BCUT2D eigenvalue weighted by molar-refractivity contribution is 0.491. The molecule has 4 rings (SSSR count). The fraction of sp³-hybridized carbons (Fsp3) is 0.444. The van der Waals surface area contributed by atoms with Gasteiger partial charge in [-0.05, 0) is 41.4 Å². The first-order valence-electron chi connectivity index (χ1n) is 11.0. The molecular weight excluding hydrogens is 324 g/mol. The molecule has 2 saturated carbocycles. The molecule has 2 aromatic carbocycles. The maximum Gasteiger partial charge on any atom is 0.0309 e. The lowest BCUT2D eigenvalue weighted by Crippen LogP contribution is -1.89. The minimum Gasteiger partial charge on any atom is -0.112 e. The summed E-state index contributed by atoms with van der Waals surface area (Å²) in [5.41, 5.74) is 9.40. The van der Waals surface area contributed by atoms with Gasteiger partial charge in [0, 0.05) is 5.57 Å². The van der Waals surface area contributed by atoms with Crippen molar-refractivity contribution in [1.82, 2.24) is 0 Å². The van der Waals surface area contributed by atoms with Crippen LogP contribution in [0.15, 0.2) is 72.0 Å². The third-order valence-corrected chi connectivity index (χ3v) is 6.35. The maximum absolute atomic E-state index is 3.93. The van der Waals surface area contributed by atoms with Crippen LogP contribution in [0.25, 0.3) is 5.57 Å². The van der Waals surface area contributed by atoms with E-state index in [2.05, 4.69) is 66.4 Å². The Morgan fingerprint density at radius 1 is 0.556 bits per heavy atom. The molecule has 27 heavy (non-hydrogen) atoms. The number of allylic oxidation sites excluding steroid dienone is 1. The lowest BCUT2D eigenvalue weighted by atomic mass is 9.98. The number of hydrogen-bond donors (Lipinski definition) is 0. The van der Waals surface area contributed by atoms with Gasteiger partial charge in [0.2, 0.25) is 0 Å². The van der Waals surface area contributed by atoms with E-state index in [1.807, 2.05) is 0 Å². The quantitative estimate of drug-likeness (QED) is 0.481. The van der Waals surface area contributed by atoms with Crippen LogP contribution in [-0.2, 0) is 0 Å². The number of rotatable bonds is 2. The SMILES string of the molecule is C(=C(c1ccccc1)c1ccccc1)=C1[C@H]2CCCCCCCCCC[C@@H]12. The van der Waals surface area contributed by atoms with Crippen LogP contribution >= 0.6 is 0 Å². The van der Waals surface area contributed by atoms with Crippen LogP contribution in [0, 0.1) is 11.8 Å². The van der Waals surface area contributed by atoms with E-state index in [4.69, 9.17) is 0 Å². The zero-order valence-corrected chi connectivity index (χ0v) is 16.5. The van der Waals surface area contributed by atoms with Gasteiger partial charge >= 0.3 is 0 Å². The summed E-state index contributed by atoms with van der Waals surface area (Å²) in [6, 6.07) is 21.7. The Morgan fingerprint density at radius 3 is 1.41 bits per heavy atom. The maximum atomic E-state index is 3.93. The van der Waals surface area contributed by atoms with Crippen molar-refractivity contribution in [2.45, 2.75) is 64.2 Å². The Bertz CT molecular complexity index is 716. The molecule has 0 N–H and O–H groups in total. The van der Waals surface area contributed by atoms with E-state index in [9.17, 15) is 0 Å². The second-order valence-corrected chi connectivity index (χ2v) is 8.31. The van der Waals surface area contributed by atoms with Crippen LogP contribution in [0.1, 0.15) is 75.3 Å². The molecular formula is C27H32. The number of benzene rings is 2. The number of fused-ring (bicyclic) bond motifs is 1. The van der Waals surface area contributed by atoms with Crippen molar-refractivity contribution in [3.05, 3.63) is 83.1 Å². The molecule has 2 atom stereocenters. The van der Waals surface area contributed by atoms with Gasteiger partial charge < -0.3 is 0 Å². The van der Waals surface area contributed by atoms with Crippen molar-refractivity contribution in [2.75, 3.05) is 0 Å². The smallest absolute Gasteiger partial charge is 0.0309 e. The van der Waals surface area contributed by atoms with Crippen LogP contribution in [0.4, 0.5) is 0 Å². The van der Waals surface area contributed by atoms with Crippen molar-refractivity contribution >= 4 is 5.57 Å². The van der Waals surface area contributed by atoms with Gasteiger partial charge in [-0.2, -0.15) is 0 Å². The van der Waals surface area contributed by atoms with Gasteiger partial charge in [-0.3, -0.25) is 0 Å². The normalized spacial score (nSPS) is 23.3. The molecule has 2 aliphatic rings. The molecule has 0 aliphatic heterocycles. The van der Waals surface area contributed by atoms with Crippen molar-refractivity contribution < 1.29 is 0 Å². The van der Waals surface area contributed by atoms with Gasteiger partial charge in [0.25, 0.3) is 0 Å². The van der Waals surface area contributed by atoms with Crippen LogP contribution in [0.3, 0.4) is 0 Å². The van der Waals surface area contributed by atoms with Crippen molar-refractivity contribution in [3.63, 3.8) is 0 Å². The molecule has 0 aromatic heterocycles. The fourth-order valence-corrected chi connectivity index (χ4v) is 4.73. The molecule has 0 amide bonds. The van der Waals surface area contributed by atoms with E-state index in [0.29, 0.717) is 0 Å². The van der Waals surface area contributed by atoms with Gasteiger partial charge in [-0.1, -0.05) is 112 Å². The first-order valence-corrected chi connectivity index (χ1v) is 11.0. The number of hydrogen-bond acceptors (Lipinski definition) is 0. The summed E-state index contributed by atoms with van der Waals surface area (Å²) in [5.74, 6) is 1.60. The monoisotopic (exact) mass is 356 g/mol. The zero-order chi connectivity index (χ0) is 18.3. The zero-order valence-electron chi connectivity index (χ0n) is 16.5. The van der Waals surface area contributed by atoms with E-state index >= 15 is 0 Å². The Kier molecular flexibility index (Phi) is 6.28. The predicted molar refractivity (Wildman–Crippen MR) is 116 cm³/mol. The summed E-state index contributed by atoms with van der Waals surface area (Å²) in [6.45, 7) is 0. The van der Waals surface area contributed by atoms with E-state index < -0.39 is 0 Å². The summed E-state index contributed by atoms with van der Waals surface area (Å²) in [5, 5.41) is 0. The Balaban J connectivity index is 1.66. The van der Waals surface area contributed by atoms with E-state index in [1.165, 1.54) is 80.9 Å². The first-order chi connectivity index (χ1) is 13.4. The van der Waals surface area contributed by atoms with Crippen molar-refractivity contribution in [2.24, 2.45) is 11.8 Å². The highest BCUT2D eigenvalue weighted by molar-refractivity contribution is 5.80. The summed E-state index contributed by atoms with van der Waals surface area (Å²) in [6.07, 6.45) is 14.2. The topological polar surface area (TPSA) is 0 Å². The highest BCUT2D eigenvalue weighted by Gasteiger charge is 2.42. The molecule has 2 fully saturated rings. The molecule has 0 spiro atoms. The molecule has 0 heterocycles. The average molecular weight is 357 g/mol. The molecule has 0 saturated heterocycles. The van der Waals surface area contributed by atoms with Gasteiger partial charge in [0.15, 0.2) is 0 Å². The molecule has 140 valence electrons. The van der Waals surface area contributed by atoms with Gasteiger partial charge in [0.1, 0.15) is 0 Å². The van der Waals surface area contributed by atoms with E-state index in [-0.39, 0.29) is 0 Å². The van der Waals surface area contributed by atoms with E-state index in [0.717, 1.165) is 11.8 Å². The summed E-state index contributed by atoms with van der Waals surface area (Å²) >= 11 is 0. The molecule has 0 unspecified atom stereocenters. The first kappa shape index (κ1) is 18.3. The largest absolute Gasteiger partial charge is 0.112 e. The molecule has 0 heteroatoms. The second-order valence-electron chi connectivity index (χ2n) is 8.31. The molecule has 2 aromatic rings. The summed E-state index contributed by atoms with van der Waals surface area (Å²) < 4.78 is 0.